The molecule has 2 bridgehead atoms. The number of rotatable bonds is 5. The number of phenols is 1. The molecular weight excluding hydrogens is 518 g/mol. The zero-order valence-electron chi connectivity index (χ0n) is 22.5. The molecule has 6 heterocycles. The second-order valence-corrected chi connectivity index (χ2v) is 12.8. The number of hydrogen-bond acceptors (Lipinski definition) is 8. The average molecular weight is 552 g/mol. The van der Waals surface area contributed by atoms with Crippen LogP contribution in [0.1, 0.15) is 44.1 Å². The van der Waals surface area contributed by atoms with Crippen LogP contribution in [-0.2, 0) is 0 Å². The molecule has 8 heteroatoms. The minimum Gasteiger partial charge on any atom is -0.508 e. The molecule has 2 N–H and O–H groups in total. The lowest BCUT2D eigenvalue weighted by molar-refractivity contribution is 0.111. The van der Waals surface area contributed by atoms with Gasteiger partial charge in [-0.2, -0.15) is 9.36 Å². The van der Waals surface area contributed by atoms with Crippen LogP contribution in [0.5, 0.6) is 11.6 Å². The van der Waals surface area contributed by atoms with Gasteiger partial charge in [0, 0.05) is 53.1 Å². The summed E-state index contributed by atoms with van der Waals surface area (Å²) in [5.74, 6) is 4.66. The van der Waals surface area contributed by atoms with E-state index in [1.807, 2.05) is 18.2 Å². The summed E-state index contributed by atoms with van der Waals surface area (Å²) in [6.07, 6.45) is 13.2. The lowest BCUT2D eigenvalue weighted by Crippen LogP contribution is -2.51. The third-order valence-electron chi connectivity index (χ3n) is 9.60. The molecule has 2 atom stereocenters. The van der Waals surface area contributed by atoms with Gasteiger partial charge in [-0.1, -0.05) is 18.1 Å². The molecule has 4 saturated heterocycles. The van der Waals surface area contributed by atoms with E-state index in [0.717, 1.165) is 56.6 Å². The van der Waals surface area contributed by atoms with Crippen LogP contribution in [0.3, 0.4) is 0 Å². The molecule has 0 saturated carbocycles. The number of hydrogen-bond donors (Lipinski definition) is 2. The van der Waals surface area contributed by atoms with E-state index in [0.29, 0.717) is 24.6 Å². The molecule has 0 radical (unpaired) electrons. The Morgan fingerprint density at radius 1 is 1.12 bits per heavy atom. The number of fused-ring (bicyclic) bond motifs is 5. The van der Waals surface area contributed by atoms with Crippen molar-refractivity contribution in [3.63, 3.8) is 0 Å². The van der Waals surface area contributed by atoms with Crippen LogP contribution in [-0.4, -0.2) is 69.8 Å². The number of benzene rings is 2. The van der Waals surface area contributed by atoms with Crippen molar-refractivity contribution in [3.8, 4) is 35.2 Å². The zero-order chi connectivity index (χ0) is 26.8. The highest BCUT2D eigenvalue weighted by molar-refractivity contribution is 7.14. The zero-order valence-corrected chi connectivity index (χ0v) is 23.3. The van der Waals surface area contributed by atoms with E-state index >= 15 is 0 Å². The molecule has 2 aromatic carbocycles. The van der Waals surface area contributed by atoms with Gasteiger partial charge in [-0.05, 0) is 86.7 Å². The largest absolute Gasteiger partial charge is 0.508 e. The van der Waals surface area contributed by atoms with Gasteiger partial charge in [-0.15, -0.1) is 6.42 Å². The Morgan fingerprint density at radius 3 is 2.70 bits per heavy atom. The first-order valence-corrected chi connectivity index (χ1v) is 15.3. The molecule has 4 fully saturated rings. The van der Waals surface area contributed by atoms with Gasteiger partial charge in [0.25, 0.3) is 0 Å². The van der Waals surface area contributed by atoms with Crippen LogP contribution in [0.15, 0.2) is 36.4 Å². The number of ether oxygens (including phenoxy) is 1. The number of nitrogens with zero attached hydrogens (tertiary/aromatic N) is 4. The average Bonchev–Trinajstić information content (AvgIpc) is 3.73. The van der Waals surface area contributed by atoms with E-state index in [2.05, 4.69) is 27.1 Å². The van der Waals surface area contributed by atoms with Gasteiger partial charge < -0.3 is 20.1 Å². The molecule has 4 aliphatic rings. The van der Waals surface area contributed by atoms with E-state index in [-0.39, 0.29) is 11.3 Å². The van der Waals surface area contributed by atoms with E-state index in [1.165, 1.54) is 63.1 Å². The van der Waals surface area contributed by atoms with Crippen molar-refractivity contribution in [1.29, 1.82) is 0 Å². The fourth-order valence-corrected chi connectivity index (χ4v) is 8.63. The lowest BCUT2D eigenvalue weighted by Gasteiger charge is -2.34. The number of nitrogens with one attached hydrogen (secondary N) is 1. The van der Waals surface area contributed by atoms with Crippen LogP contribution in [0.2, 0.25) is 0 Å². The maximum atomic E-state index is 10.7. The quantitative estimate of drug-likeness (QED) is 0.333. The number of piperazine rings is 1. The molecule has 4 aliphatic heterocycles. The van der Waals surface area contributed by atoms with Gasteiger partial charge in [0.05, 0.1) is 15.9 Å². The monoisotopic (exact) mass is 551 g/mol. The van der Waals surface area contributed by atoms with Gasteiger partial charge in [0.2, 0.25) is 5.88 Å². The Bertz CT molecular complexity index is 1650. The highest BCUT2D eigenvalue weighted by atomic mass is 32.1. The third-order valence-corrected chi connectivity index (χ3v) is 10.5. The van der Waals surface area contributed by atoms with Crippen LogP contribution in [0.25, 0.3) is 32.1 Å². The first-order chi connectivity index (χ1) is 19.6. The molecule has 40 heavy (non-hydrogen) atoms. The van der Waals surface area contributed by atoms with Crippen molar-refractivity contribution >= 4 is 38.2 Å². The molecule has 0 amide bonds. The Labute approximate surface area is 238 Å². The topological polar surface area (TPSA) is 73.8 Å². The van der Waals surface area contributed by atoms with E-state index in [1.54, 1.807) is 12.1 Å². The molecule has 7 nitrogen and oxygen atoms in total. The summed E-state index contributed by atoms with van der Waals surface area (Å²) in [6, 6.07) is 12.5. The summed E-state index contributed by atoms with van der Waals surface area (Å²) in [5, 5.41) is 17.3. The first-order valence-electron chi connectivity index (χ1n) is 14.5. The summed E-state index contributed by atoms with van der Waals surface area (Å²) in [7, 11) is 0. The smallest absolute Gasteiger partial charge is 0.216 e. The van der Waals surface area contributed by atoms with Gasteiger partial charge in [0.15, 0.2) is 5.82 Å². The second-order valence-electron chi connectivity index (χ2n) is 12.0. The first kappa shape index (κ1) is 24.4. The number of phenolic OH excluding ortho intramolecular Hbond substituents is 1. The van der Waals surface area contributed by atoms with E-state index in [9.17, 15) is 5.11 Å². The van der Waals surface area contributed by atoms with Crippen molar-refractivity contribution in [2.75, 3.05) is 37.7 Å². The predicted molar refractivity (Wildman–Crippen MR) is 160 cm³/mol. The van der Waals surface area contributed by atoms with Gasteiger partial charge in [0.1, 0.15) is 12.4 Å². The number of aromatic hydroxyl groups is 1. The second kappa shape index (κ2) is 9.34. The van der Waals surface area contributed by atoms with Crippen molar-refractivity contribution in [2.24, 2.45) is 0 Å². The van der Waals surface area contributed by atoms with Crippen molar-refractivity contribution in [1.82, 2.24) is 19.6 Å². The van der Waals surface area contributed by atoms with Crippen LogP contribution < -0.4 is 15.0 Å². The molecule has 8 rings (SSSR count). The van der Waals surface area contributed by atoms with E-state index < -0.39 is 0 Å². The summed E-state index contributed by atoms with van der Waals surface area (Å²) < 4.78 is 12.7. The van der Waals surface area contributed by atoms with Crippen molar-refractivity contribution < 1.29 is 9.84 Å². The maximum absolute atomic E-state index is 10.7. The molecule has 0 aliphatic carbocycles. The minimum absolute atomic E-state index is 0.143. The standard InChI is InChI=1S/C32H33N5O2S/c1-2-20-6-3-7-21-14-24(38)15-25(28(20)21)29-26-16-27(39-19-32-10-4-12-37(32)13-5-11-32)34-31(30(26)40-35-29)36-17-22-8-9-23(18-36)33-22/h1,3,6-7,14-16,22-23,33,38H,4-5,8-13,17-19H2. The molecule has 204 valence electrons. The van der Waals surface area contributed by atoms with Crippen molar-refractivity contribution in [2.45, 2.75) is 56.1 Å². The Hall–Kier alpha value is -3.38. The summed E-state index contributed by atoms with van der Waals surface area (Å²) in [4.78, 5) is 10.2. The summed E-state index contributed by atoms with van der Waals surface area (Å²) in [6.45, 7) is 4.88. The predicted octanol–water partition coefficient (Wildman–Crippen LogP) is 5.15. The normalized spacial score (nSPS) is 23.6. The SMILES string of the molecule is C#Cc1cccc2cc(O)cc(-c3nsc4c(N5CC6CCC(C5)N6)nc(OCC56CCCN5CCC6)cc34)c12. The number of pyridine rings is 1. The number of anilines is 1. The van der Waals surface area contributed by atoms with Gasteiger partial charge in [-0.3, -0.25) is 4.90 Å². The van der Waals surface area contributed by atoms with Crippen LogP contribution in [0, 0.1) is 12.3 Å². The van der Waals surface area contributed by atoms with Crippen molar-refractivity contribution in [3.05, 3.63) is 42.0 Å². The third kappa shape index (κ3) is 3.87. The van der Waals surface area contributed by atoms with E-state index in [4.69, 9.17) is 20.5 Å². The fraction of sp³-hybridized carbons (Fsp3) is 0.438. The highest BCUT2D eigenvalue weighted by Gasteiger charge is 2.45. The molecule has 2 aromatic heterocycles. The number of aromatic nitrogens is 2. The summed E-state index contributed by atoms with van der Waals surface area (Å²) in [5.41, 5.74) is 2.59. The Morgan fingerprint density at radius 2 is 1.93 bits per heavy atom. The molecule has 4 aromatic rings. The Kier molecular flexibility index (Phi) is 5.70. The Balaban J connectivity index is 1.27. The maximum Gasteiger partial charge on any atom is 0.216 e. The molecular formula is C32H33N5O2S. The van der Waals surface area contributed by atoms with Crippen LogP contribution in [0.4, 0.5) is 5.82 Å². The fourth-order valence-electron chi connectivity index (χ4n) is 7.74. The summed E-state index contributed by atoms with van der Waals surface area (Å²) >= 11 is 1.47. The van der Waals surface area contributed by atoms with Crippen LogP contribution >= 0.6 is 11.5 Å². The molecule has 0 spiro atoms. The minimum atomic E-state index is 0.143. The molecule has 2 unspecified atom stereocenters. The number of terminal acetylenes is 1. The van der Waals surface area contributed by atoms with Gasteiger partial charge in [-0.25, -0.2) is 0 Å². The van der Waals surface area contributed by atoms with Gasteiger partial charge >= 0.3 is 0 Å². The lowest BCUT2D eigenvalue weighted by atomic mass is 9.95. The highest BCUT2D eigenvalue weighted by Crippen LogP contribution is 2.44.